The van der Waals surface area contributed by atoms with Gasteiger partial charge in [0.05, 0.1) is 17.6 Å². The SMILES string of the molecule is CCc1ccc2c(CC(=O)Nc3cccc(S(N)(=O)=O)c3)coc2c1. The Kier molecular flexibility index (Phi) is 4.61. The molecule has 3 rings (SSSR count). The zero-order valence-electron chi connectivity index (χ0n) is 13.7. The van der Waals surface area contributed by atoms with Crippen LogP contribution in [0.25, 0.3) is 11.0 Å². The maximum atomic E-state index is 12.3. The number of nitrogens with one attached hydrogen (secondary N) is 1. The van der Waals surface area contributed by atoms with Crippen molar-refractivity contribution >= 4 is 32.6 Å². The molecule has 0 saturated carbocycles. The molecular weight excluding hydrogens is 340 g/mol. The summed E-state index contributed by atoms with van der Waals surface area (Å²) in [7, 11) is -3.81. The summed E-state index contributed by atoms with van der Waals surface area (Å²) < 4.78 is 28.3. The topological polar surface area (TPSA) is 102 Å². The third kappa shape index (κ3) is 3.89. The van der Waals surface area contributed by atoms with Crippen LogP contribution in [0, 0.1) is 0 Å². The van der Waals surface area contributed by atoms with Crippen LogP contribution in [0.15, 0.2) is 58.0 Å². The van der Waals surface area contributed by atoms with Crippen LogP contribution in [0.2, 0.25) is 0 Å². The molecular formula is C18H18N2O4S. The highest BCUT2D eigenvalue weighted by atomic mass is 32.2. The minimum absolute atomic E-state index is 0.0499. The predicted molar refractivity (Wildman–Crippen MR) is 95.7 cm³/mol. The smallest absolute Gasteiger partial charge is 0.238 e. The first kappa shape index (κ1) is 17.2. The largest absolute Gasteiger partial charge is 0.464 e. The number of benzene rings is 2. The summed E-state index contributed by atoms with van der Waals surface area (Å²) in [5, 5.41) is 8.67. The van der Waals surface area contributed by atoms with Crippen LogP contribution in [0.3, 0.4) is 0 Å². The van der Waals surface area contributed by atoms with Crippen molar-refractivity contribution in [1.82, 2.24) is 0 Å². The van der Waals surface area contributed by atoms with Crippen LogP contribution in [-0.4, -0.2) is 14.3 Å². The Morgan fingerprint density at radius 1 is 1.20 bits per heavy atom. The van der Waals surface area contributed by atoms with Gasteiger partial charge in [-0.05, 0) is 36.2 Å². The maximum absolute atomic E-state index is 12.3. The molecule has 0 spiro atoms. The number of anilines is 1. The molecule has 1 heterocycles. The molecule has 0 fully saturated rings. The van der Waals surface area contributed by atoms with Crippen LogP contribution < -0.4 is 10.5 Å². The van der Waals surface area contributed by atoms with Crippen molar-refractivity contribution in [1.29, 1.82) is 0 Å². The summed E-state index contributed by atoms with van der Waals surface area (Å²) in [5.74, 6) is -0.270. The van der Waals surface area contributed by atoms with Gasteiger partial charge < -0.3 is 9.73 Å². The van der Waals surface area contributed by atoms with E-state index >= 15 is 0 Å². The van der Waals surface area contributed by atoms with Gasteiger partial charge in [0.25, 0.3) is 0 Å². The number of sulfonamides is 1. The van der Waals surface area contributed by atoms with E-state index in [9.17, 15) is 13.2 Å². The molecule has 130 valence electrons. The number of hydrogen-bond donors (Lipinski definition) is 2. The van der Waals surface area contributed by atoms with Crippen molar-refractivity contribution in [3.8, 4) is 0 Å². The van der Waals surface area contributed by atoms with Gasteiger partial charge in [-0.3, -0.25) is 4.79 Å². The summed E-state index contributed by atoms with van der Waals surface area (Å²) in [6.07, 6.45) is 2.61. The van der Waals surface area contributed by atoms with Crippen molar-refractivity contribution in [3.63, 3.8) is 0 Å². The molecule has 0 aliphatic carbocycles. The average Bonchev–Trinajstić information content (AvgIpc) is 2.96. The van der Waals surface area contributed by atoms with Gasteiger partial charge in [-0.2, -0.15) is 0 Å². The van der Waals surface area contributed by atoms with Gasteiger partial charge in [-0.25, -0.2) is 13.6 Å². The summed E-state index contributed by atoms with van der Waals surface area (Å²) in [6.45, 7) is 2.06. The molecule has 25 heavy (non-hydrogen) atoms. The second-order valence-electron chi connectivity index (χ2n) is 5.74. The van der Waals surface area contributed by atoms with E-state index in [2.05, 4.69) is 12.2 Å². The third-order valence-corrected chi connectivity index (χ3v) is 4.84. The zero-order valence-corrected chi connectivity index (χ0v) is 14.5. The molecule has 0 atom stereocenters. The summed E-state index contributed by atoms with van der Waals surface area (Å²) >= 11 is 0. The van der Waals surface area contributed by atoms with E-state index in [-0.39, 0.29) is 17.2 Å². The lowest BCUT2D eigenvalue weighted by Gasteiger charge is -2.06. The van der Waals surface area contributed by atoms with E-state index in [1.54, 1.807) is 12.3 Å². The second-order valence-corrected chi connectivity index (χ2v) is 7.30. The molecule has 0 aliphatic rings. The predicted octanol–water partition coefficient (Wildman–Crippen LogP) is 2.82. The van der Waals surface area contributed by atoms with Crippen molar-refractivity contribution in [2.75, 3.05) is 5.32 Å². The van der Waals surface area contributed by atoms with Crippen molar-refractivity contribution in [2.24, 2.45) is 5.14 Å². The molecule has 0 bridgehead atoms. The molecule has 6 nitrogen and oxygen atoms in total. The Bertz CT molecular complexity index is 1040. The number of furan rings is 1. The highest BCUT2D eigenvalue weighted by Crippen LogP contribution is 2.23. The number of rotatable bonds is 5. The number of carbonyl (C=O) groups excluding carboxylic acids is 1. The summed E-state index contributed by atoms with van der Waals surface area (Å²) in [6, 6.07) is 11.7. The Morgan fingerprint density at radius 3 is 2.72 bits per heavy atom. The Labute approximate surface area is 145 Å². The molecule has 3 N–H and O–H groups in total. The first-order valence-corrected chi connectivity index (χ1v) is 9.33. The van der Waals surface area contributed by atoms with Gasteiger partial charge in [0, 0.05) is 16.6 Å². The van der Waals surface area contributed by atoms with E-state index in [1.807, 2.05) is 18.2 Å². The van der Waals surface area contributed by atoms with E-state index in [0.717, 1.165) is 28.5 Å². The number of fused-ring (bicyclic) bond motifs is 1. The highest BCUT2D eigenvalue weighted by molar-refractivity contribution is 7.89. The first-order valence-electron chi connectivity index (χ1n) is 7.78. The molecule has 7 heteroatoms. The normalized spacial score (nSPS) is 11.6. The Hall–Kier alpha value is -2.64. The fourth-order valence-electron chi connectivity index (χ4n) is 2.61. The molecule has 2 aromatic carbocycles. The maximum Gasteiger partial charge on any atom is 0.238 e. The van der Waals surface area contributed by atoms with Crippen LogP contribution in [0.1, 0.15) is 18.1 Å². The lowest BCUT2D eigenvalue weighted by molar-refractivity contribution is -0.115. The molecule has 0 unspecified atom stereocenters. The molecule has 0 radical (unpaired) electrons. The lowest BCUT2D eigenvalue weighted by Crippen LogP contribution is -2.16. The monoisotopic (exact) mass is 358 g/mol. The molecule has 0 aliphatic heterocycles. The number of primary sulfonamides is 1. The Balaban J connectivity index is 1.77. The summed E-state index contributed by atoms with van der Waals surface area (Å²) in [5.41, 5.74) is 3.06. The van der Waals surface area contributed by atoms with Gasteiger partial charge in [0.1, 0.15) is 5.58 Å². The average molecular weight is 358 g/mol. The molecule has 1 amide bonds. The minimum atomic E-state index is -3.81. The second kappa shape index (κ2) is 6.70. The van der Waals surface area contributed by atoms with E-state index in [4.69, 9.17) is 9.56 Å². The van der Waals surface area contributed by atoms with E-state index in [1.165, 1.54) is 18.2 Å². The molecule has 3 aromatic rings. The van der Waals surface area contributed by atoms with Gasteiger partial charge in [0.15, 0.2) is 0 Å². The quantitative estimate of drug-likeness (QED) is 0.732. The van der Waals surface area contributed by atoms with Crippen molar-refractivity contribution < 1.29 is 17.6 Å². The standard InChI is InChI=1S/C18H18N2O4S/c1-2-12-6-7-16-13(11-24-17(16)8-12)9-18(21)20-14-4-3-5-15(10-14)25(19,22)23/h3-8,10-11H,2,9H2,1H3,(H,20,21)(H2,19,22,23). The van der Waals surface area contributed by atoms with Gasteiger partial charge in [0.2, 0.25) is 15.9 Å². The van der Waals surface area contributed by atoms with Crippen LogP contribution in [0.5, 0.6) is 0 Å². The van der Waals surface area contributed by atoms with Gasteiger partial charge >= 0.3 is 0 Å². The molecule has 0 saturated heterocycles. The third-order valence-electron chi connectivity index (χ3n) is 3.93. The highest BCUT2D eigenvalue weighted by Gasteiger charge is 2.13. The number of amides is 1. The number of nitrogens with two attached hydrogens (primary N) is 1. The Morgan fingerprint density at radius 2 is 2.00 bits per heavy atom. The summed E-state index contributed by atoms with van der Waals surface area (Å²) in [4.78, 5) is 12.2. The minimum Gasteiger partial charge on any atom is -0.464 e. The molecule has 1 aromatic heterocycles. The van der Waals surface area contributed by atoms with Crippen molar-refractivity contribution in [2.45, 2.75) is 24.7 Å². The fraction of sp³-hybridized carbons (Fsp3) is 0.167. The van der Waals surface area contributed by atoms with Crippen LogP contribution >= 0.6 is 0 Å². The zero-order chi connectivity index (χ0) is 18.0. The van der Waals surface area contributed by atoms with Crippen LogP contribution in [0.4, 0.5) is 5.69 Å². The van der Waals surface area contributed by atoms with Gasteiger partial charge in [-0.15, -0.1) is 0 Å². The number of aryl methyl sites for hydroxylation is 1. The van der Waals surface area contributed by atoms with Crippen LogP contribution in [-0.2, 0) is 27.7 Å². The lowest BCUT2D eigenvalue weighted by atomic mass is 10.1. The number of carbonyl (C=O) groups is 1. The first-order chi connectivity index (χ1) is 11.9. The number of hydrogen-bond acceptors (Lipinski definition) is 4. The van der Waals surface area contributed by atoms with E-state index < -0.39 is 10.0 Å². The van der Waals surface area contributed by atoms with E-state index in [0.29, 0.717) is 5.69 Å². The fourth-order valence-corrected chi connectivity index (χ4v) is 3.17. The van der Waals surface area contributed by atoms with Gasteiger partial charge in [-0.1, -0.05) is 25.1 Å². The van der Waals surface area contributed by atoms with Crippen molar-refractivity contribution in [3.05, 3.63) is 59.9 Å².